The summed E-state index contributed by atoms with van der Waals surface area (Å²) in [5.41, 5.74) is 0. The SMILES string of the molecule is O=C(O)c1cnc(NCCN2CCSCC2)s1. The van der Waals surface area contributed by atoms with Crippen molar-refractivity contribution in [1.29, 1.82) is 0 Å². The van der Waals surface area contributed by atoms with Gasteiger partial charge in [-0.3, -0.25) is 4.90 Å². The molecule has 0 aromatic carbocycles. The summed E-state index contributed by atoms with van der Waals surface area (Å²) in [6, 6.07) is 0. The van der Waals surface area contributed by atoms with Crippen molar-refractivity contribution in [3.8, 4) is 0 Å². The molecule has 1 saturated heterocycles. The number of hydrogen-bond acceptors (Lipinski definition) is 6. The fourth-order valence-corrected chi connectivity index (χ4v) is 3.26. The van der Waals surface area contributed by atoms with Gasteiger partial charge < -0.3 is 10.4 Å². The van der Waals surface area contributed by atoms with Crippen molar-refractivity contribution in [3.63, 3.8) is 0 Å². The lowest BCUT2D eigenvalue weighted by molar-refractivity contribution is 0.0702. The van der Waals surface area contributed by atoms with E-state index in [0.29, 0.717) is 5.13 Å². The molecule has 0 saturated carbocycles. The van der Waals surface area contributed by atoms with Gasteiger partial charge in [-0.15, -0.1) is 0 Å². The van der Waals surface area contributed by atoms with Crippen LogP contribution in [0.25, 0.3) is 0 Å². The zero-order valence-corrected chi connectivity index (χ0v) is 11.0. The van der Waals surface area contributed by atoms with E-state index >= 15 is 0 Å². The number of aromatic nitrogens is 1. The Kier molecular flexibility index (Phi) is 4.64. The van der Waals surface area contributed by atoms with Crippen LogP contribution in [0.15, 0.2) is 6.20 Å². The van der Waals surface area contributed by atoms with Crippen molar-refractivity contribution >= 4 is 34.2 Å². The summed E-state index contributed by atoms with van der Waals surface area (Å²) in [5.74, 6) is 1.50. The van der Waals surface area contributed by atoms with Crippen LogP contribution in [0, 0.1) is 0 Å². The van der Waals surface area contributed by atoms with Gasteiger partial charge in [0.2, 0.25) is 0 Å². The number of carboxylic acids is 1. The average molecular weight is 273 g/mol. The van der Waals surface area contributed by atoms with Gasteiger partial charge in [-0.25, -0.2) is 9.78 Å². The van der Waals surface area contributed by atoms with Crippen molar-refractivity contribution in [3.05, 3.63) is 11.1 Å². The molecule has 0 radical (unpaired) electrons. The second kappa shape index (κ2) is 6.23. The molecule has 1 aromatic rings. The molecule has 0 spiro atoms. The maximum absolute atomic E-state index is 10.7. The highest BCUT2D eigenvalue weighted by Gasteiger charge is 2.11. The molecule has 0 amide bonds. The average Bonchev–Trinajstić information content (AvgIpc) is 2.79. The smallest absolute Gasteiger partial charge is 0.347 e. The van der Waals surface area contributed by atoms with Gasteiger partial charge in [0.1, 0.15) is 4.88 Å². The van der Waals surface area contributed by atoms with E-state index in [4.69, 9.17) is 5.11 Å². The van der Waals surface area contributed by atoms with E-state index in [1.807, 2.05) is 11.8 Å². The standard InChI is InChI=1S/C10H15N3O2S2/c14-9(15)8-7-12-10(17-8)11-1-2-13-3-5-16-6-4-13/h7H,1-6H2,(H,11,12)(H,14,15). The first-order chi connectivity index (χ1) is 8.25. The molecule has 2 N–H and O–H groups in total. The van der Waals surface area contributed by atoms with E-state index in [2.05, 4.69) is 15.2 Å². The third-order valence-corrected chi connectivity index (χ3v) is 4.41. The van der Waals surface area contributed by atoms with Crippen molar-refractivity contribution in [1.82, 2.24) is 9.88 Å². The fraction of sp³-hybridized carbons (Fsp3) is 0.600. The Bertz CT molecular complexity index is 377. The molecule has 7 heteroatoms. The van der Waals surface area contributed by atoms with Gasteiger partial charge in [0.05, 0.1) is 6.20 Å². The summed E-state index contributed by atoms with van der Waals surface area (Å²) < 4.78 is 0. The zero-order chi connectivity index (χ0) is 12.1. The first-order valence-corrected chi connectivity index (χ1v) is 7.46. The number of carboxylic acid groups (broad SMARTS) is 1. The zero-order valence-electron chi connectivity index (χ0n) is 9.39. The van der Waals surface area contributed by atoms with Gasteiger partial charge in [0.15, 0.2) is 5.13 Å². The lowest BCUT2D eigenvalue weighted by Gasteiger charge is -2.25. The topological polar surface area (TPSA) is 65.5 Å². The number of thiazole rings is 1. The number of carbonyl (C=O) groups is 1. The molecule has 1 fully saturated rings. The lowest BCUT2D eigenvalue weighted by Crippen LogP contribution is -2.36. The Morgan fingerprint density at radius 1 is 1.53 bits per heavy atom. The fourth-order valence-electron chi connectivity index (χ4n) is 1.60. The summed E-state index contributed by atoms with van der Waals surface area (Å²) in [6.07, 6.45) is 1.40. The minimum absolute atomic E-state index is 0.280. The van der Waals surface area contributed by atoms with Gasteiger partial charge in [-0.05, 0) is 0 Å². The third-order valence-electron chi connectivity index (χ3n) is 2.52. The van der Waals surface area contributed by atoms with Crippen LogP contribution in [0.3, 0.4) is 0 Å². The number of thioether (sulfide) groups is 1. The number of nitrogens with one attached hydrogen (secondary N) is 1. The molecule has 2 rings (SSSR count). The van der Waals surface area contributed by atoms with E-state index in [0.717, 1.165) is 26.2 Å². The van der Waals surface area contributed by atoms with Crippen LogP contribution in [-0.4, -0.2) is 58.6 Å². The molecular weight excluding hydrogens is 258 g/mol. The Balaban J connectivity index is 1.71. The number of rotatable bonds is 5. The number of aromatic carboxylic acids is 1. The molecule has 94 valence electrons. The van der Waals surface area contributed by atoms with Crippen molar-refractivity contribution in [2.45, 2.75) is 0 Å². The maximum Gasteiger partial charge on any atom is 0.347 e. The lowest BCUT2D eigenvalue weighted by atomic mass is 10.4. The largest absolute Gasteiger partial charge is 0.477 e. The van der Waals surface area contributed by atoms with Crippen LogP contribution < -0.4 is 5.32 Å². The summed E-state index contributed by atoms with van der Waals surface area (Å²) in [7, 11) is 0. The van der Waals surface area contributed by atoms with Crippen LogP contribution in [0.5, 0.6) is 0 Å². The second-order valence-electron chi connectivity index (χ2n) is 3.72. The Labute approximate surface area is 108 Å². The van der Waals surface area contributed by atoms with Gasteiger partial charge >= 0.3 is 5.97 Å². The highest BCUT2D eigenvalue weighted by Crippen LogP contribution is 2.17. The molecule has 0 aliphatic carbocycles. The molecule has 1 aromatic heterocycles. The predicted octanol–water partition coefficient (Wildman–Crippen LogP) is 1.30. The Morgan fingerprint density at radius 2 is 2.29 bits per heavy atom. The summed E-state index contributed by atoms with van der Waals surface area (Å²) >= 11 is 3.18. The Hall–Kier alpha value is -0.790. The van der Waals surface area contributed by atoms with Crippen molar-refractivity contribution < 1.29 is 9.90 Å². The van der Waals surface area contributed by atoms with E-state index in [1.54, 1.807) is 0 Å². The van der Waals surface area contributed by atoms with E-state index < -0.39 is 5.97 Å². The van der Waals surface area contributed by atoms with Crippen LogP contribution in [0.2, 0.25) is 0 Å². The number of hydrogen-bond donors (Lipinski definition) is 2. The number of nitrogens with zero attached hydrogens (tertiary/aromatic N) is 2. The molecule has 1 aliphatic rings. The second-order valence-corrected chi connectivity index (χ2v) is 5.97. The van der Waals surface area contributed by atoms with E-state index in [1.165, 1.54) is 29.0 Å². The number of anilines is 1. The first kappa shape index (κ1) is 12.7. The van der Waals surface area contributed by atoms with E-state index in [9.17, 15) is 4.79 Å². The van der Waals surface area contributed by atoms with Crippen molar-refractivity contribution in [2.75, 3.05) is 43.0 Å². The van der Waals surface area contributed by atoms with Crippen LogP contribution in [-0.2, 0) is 0 Å². The Morgan fingerprint density at radius 3 is 2.94 bits per heavy atom. The molecule has 2 heterocycles. The quantitative estimate of drug-likeness (QED) is 0.843. The minimum Gasteiger partial charge on any atom is -0.477 e. The summed E-state index contributed by atoms with van der Waals surface area (Å²) in [4.78, 5) is 17.4. The molecule has 0 atom stereocenters. The minimum atomic E-state index is -0.913. The van der Waals surface area contributed by atoms with Gasteiger partial charge in [-0.2, -0.15) is 11.8 Å². The molecule has 5 nitrogen and oxygen atoms in total. The third kappa shape index (κ3) is 3.86. The normalized spacial score (nSPS) is 16.9. The predicted molar refractivity (Wildman–Crippen MR) is 71.3 cm³/mol. The molecular formula is C10H15N3O2S2. The molecule has 0 bridgehead atoms. The first-order valence-electron chi connectivity index (χ1n) is 5.49. The van der Waals surface area contributed by atoms with E-state index in [-0.39, 0.29) is 4.88 Å². The van der Waals surface area contributed by atoms with Gasteiger partial charge in [0.25, 0.3) is 0 Å². The van der Waals surface area contributed by atoms with Crippen LogP contribution in [0.1, 0.15) is 9.67 Å². The highest BCUT2D eigenvalue weighted by molar-refractivity contribution is 7.99. The summed E-state index contributed by atoms with van der Waals surface area (Å²) in [6.45, 7) is 4.09. The van der Waals surface area contributed by atoms with Gasteiger partial charge in [-0.1, -0.05) is 11.3 Å². The van der Waals surface area contributed by atoms with Crippen LogP contribution >= 0.6 is 23.1 Å². The molecule has 1 aliphatic heterocycles. The van der Waals surface area contributed by atoms with Crippen molar-refractivity contribution in [2.24, 2.45) is 0 Å². The highest BCUT2D eigenvalue weighted by atomic mass is 32.2. The summed E-state index contributed by atoms with van der Waals surface area (Å²) in [5, 5.41) is 12.6. The van der Waals surface area contributed by atoms with Gasteiger partial charge in [0, 0.05) is 37.7 Å². The molecule has 17 heavy (non-hydrogen) atoms. The van der Waals surface area contributed by atoms with Crippen LogP contribution in [0.4, 0.5) is 5.13 Å². The molecule has 0 unspecified atom stereocenters. The maximum atomic E-state index is 10.7. The monoisotopic (exact) mass is 273 g/mol.